The molecule has 4 bridgehead atoms. The number of ether oxygens (including phenoxy) is 4. The largest absolute Gasteiger partial charge is 0.481 e. The van der Waals surface area contributed by atoms with Gasteiger partial charge in [-0.1, -0.05) is 38.5 Å². The Morgan fingerprint density at radius 3 is 2.33 bits per heavy atom. The summed E-state index contributed by atoms with van der Waals surface area (Å²) in [6, 6.07) is -1.23. The van der Waals surface area contributed by atoms with Crippen molar-refractivity contribution in [3.8, 4) is 0 Å². The van der Waals surface area contributed by atoms with Gasteiger partial charge in [0.05, 0.1) is 30.5 Å². The van der Waals surface area contributed by atoms with E-state index in [1.54, 1.807) is 19.9 Å². The average Bonchev–Trinajstić information content (AvgIpc) is 3.18. The number of methoxy groups -OCH3 is 2. The van der Waals surface area contributed by atoms with Crippen LogP contribution in [0.5, 0.6) is 0 Å². The van der Waals surface area contributed by atoms with E-state index in [4.69, 9.17) is 18.9 Å². The van der Waals surface area contributed by atoms with E-state index in [-0.39, 0.29) is 62.7 Å². The molecule has 0 aromatic heterocycles. The number of aliphatic carboxylic acids is 1. The molecule has 15 heteroatoms. The number of hydrogen-bond donors (Lipinski definition) is 5. The van der Waals surface area contributed by atoms with Gasteiger partial charge in [0.25, 0.3) is 11.7 Å². The number of nitrogens with zero attached hydrogens (tertiary/aromatic N) is 1. The number of Topliss-reactive ketones (excluding diaryl/α,β-unsaturated/α-hetero) is 2. The molecule has 1 saturated carbocycles. The summed E-state index contributed by atoms with van der Waals surface area (Å²) in [7, 11) is 2.97. The number of rotatable bonds is 7. The number of fused-ring (bicyclic) bond motifs is 4. The first-order valence-corrected chi connectivity index (χ1v) is 21.1. The Balaban J connectivity index is 1.59. The molecule has 326 valence electrons. The van der Waals surface area contributed by atoms with Crippen LogP contribution in [0, 0.1) is 35.5 Å². The van der Waals surface area contributed by atoms with Crippen molar-refractivity contribution in [1.29, 1.82) is 0 Å². The van der Waals surface area contributed by atoms with Crippen molar-refractivity contribution in [2.75, 3.05) is 20.8 Å². The average molecular weight is 820 g/mol. The Kier molecular flexibility index (Phi) is 15.5. The third kappa shape index (κ3) is 10.1. The minimum atomic E-state index is -2.64. The molecule has 0 aromatic carbocycles. The van der Waals surface area contributed by atoms with E-state index in [1.165, 1.54) is 14.2 Å². The number of carboxylic acids is 1. The number of amides is 1. The molecule has 0 spiro atoms. The molecule has 3 saturated heterocycles. The maximum atomic E-state index is 14.3. The monoisotopic (exact) mass is 819 g/mol. The van der Waals surface area contributed by atoms with Crippen LogP contribution < -0.4 is 0 Å². The Hall–Kier alpha value is -3.05. The molecule has 5 rings (SSSR count). The normalized spacial score (nSPS) is 42.7. The fourth-order valence-corrected chi connectivity index (χ4v) is 10.1. The van der Waals surface area contributed by atoms with Crippen LogP contribution in [-0.2, 0) is 42.9 Å². The maximum absolute atomic E-state index is 14.3. The van der Waals surface area contributed by atoms with Gasteiger partial charge in [-0.3, -0.25) is 19.2 Å². The highest BCUT2D eigenvalue weighted by molar-refractivity contribution is 6.39. The number of ketones is 2. The van der Waals surface area contributed by atoms with Gasteiger partial charge in [0, 0.05) is 57.3 Å². The SMILES string of the molecule is CO[C@H]1C[C@@H](C)[C@@]2(O)O[C@@H]1[C@@H](O)C[C@@H](C)C/C(C)=C/[C@@H](CCCC(=O)O)C(=O)C[C@H](O)[C@@H](C)[C@@H]1OC(=O)[C@@H]3C(CCCN3C(=O)C2=O)/C1=C\[C@@H]1CC[C@@H](O)[C@H](OC)C1. The number of aliphatic hydroxyl groups excluding tert-OH is 3. The molecule has 15 nitrogen and oxygen atoms in total. The Bertz CT molecular complexity index is 1580. The fourth-order valence-electron chi connectivity index (χ4n) is 10.1. The van der Waals surface area contributed by atoms with Gasteiger partial charge in [-0.05, 0) is 88.5 Å². The van der Waals surface area contributed by atoms with E-state index in [0.717, 1.165) is 10.5 Å². The third-order valence-corrected chi connectivity index (χ3v) is 13.4. The Labute approximate surface area is 341 Å². The van der Waals surface area contributed by atoms with Gasteiger partial charge in [-0.15, -0.1) is 0 Å². The molecule has 4 aliphatic heterocycles. The Morgan fingerprint density at radius 2 is 1.66 bits per heavy atom. The lowest BCUT2D eigenvalue weighted by atomic mass is 9.72. The van der Waals surface area contributed by atoms with Gasteiger partial charge in [-0.2, -0.15) is 0 Å². The van der Waals surface area contributed by atoms with E-state index < -0.39 is 102 Å². The first-order valence-electron chi connectivity index (χ1n) is 21.1. The molecule has 1 amide bonds. The van der Waals surface area contributed by atoms with Crippen LogP contribution in [0.3, 0.4) is 0 Å². The molecular formula is C43H65NO14. The van der Waals surface area contributed by atoms with E-state index in [0.29, 0.717) is 44.1 Å². The smallest absolute Gasteiger partial charge is 0.330 e. The van der Waals surface area contributed by atoms with Crippen LogP contribution in [0.2, 0.25) is 0 Å². The predicted octanol–water partition coefficient (Wildman–Crippen LogP) is 2.88. The molecule has 5 aliphatic rings. The molecule has 5 N–H and O–H groups in total. The number of carbonyl (C=O) groups excluding carboxylic acids is 4. The van der Waals surface area contributed by atoms with Crippen LogP contribution in [0.1, 0.15) is 105 Å². The number of piperidine rings is 1. The summed E-state index contributed by atoms with van der Waals surface area (Å²) in [5.41, 5.74) is 1.46. The van der Waals surface area contributed by atoms with Crippen molar-refractivity contribution in [3.05, 3.63) is 23.3 Å². The second-order valence-electron chi connectivity index (χ2n) is 17.8. The van der Waals surface area contributed by atoms with Crippen LogP contribution in [0.4, 0.5) is 0 Å². The highest BCUT2D eigenvalue weighted by atomic mass is 16.7. The highest BCUT2D eigenvalue weighted by Crippen LogP contribution is 2.44. The van der Waals surface area contributed by atoms with E-state index in [9.17, 15) is 49.5 Å². The second-order valence-corrected chi connectivity index (χ2v) is 17.8. The summed E-state index contributed by atoms with van der Waals surface area (Å²) in [4.78, 5) is 69.3. The van der Waals surface area contributed by atoms with E-state index in [1.807, 2.05) is 19.9 Å². The molecule has 1 aliphatic carbocycles. The first kappa shape index (κ1) is 46.0. The molecule has 15 atom stereocenters. The van der Waals surface area contributed by atoms with Crippen LogP contribution in [-0.4, -0.2) is 135 Å². The highest BCUT2D eigenvalue weighted by Gasteiger charge is 2.58. The van der Waals surface area contributed by atoms with Crippen molar-refractivity contribution in [2.45, 2.75) is 159 Å². The van der Waals surface area contributed by atoms with Crippen LogP contribution in [0.15, 0.2) is 23.3 Å². The van der Waals surface area contributed by atoms with Gasteiger partial charge in [0.1, 0.15) is 24.0 Å². The van der Waals surface area contributed by atoms with Gasteiger partial charge < -0.3 is 49.4 Å². The number of aliphatic hydroxyl groups is 4. The zero-order valence-corrected chi connectivity index (χ0v) is 34.8. The molecule has 4 heterocycles. The van der Waals surface area contributed by atoms with Gasteiger partial charge in [0.2, 0.25) is 5.79 Å². The molecule has 1 unspecified atom stereocenters. The number of hydrogen-bond acceptors (Lipinski definition) is 13. The van der Waals surface area contributed by atoms with Crippen molar-refractivity contribution in [1.82, 2.24) is 4.90 Å². The van der Waals surface area contributed by atoms with Crippen molar-refractivity contribution in [3.63, 3.8) is 0 Å². The number of carbonyl (C=O) groups is 5. The Morgan fingerprint density at radius 1 is 0.948 bits per heavy atom. The van der Waals surface area contributed by atoms with E-state index >= 15 is 0 Å². The molecule has 58 heavy (non-hydrogen) atoms. The zero-order chi connectivity index (χ0) is 42.6. The lowest BCUT2D eigenvalue weighted by Gasteiger charge is -2.49. The topological polar surface area (TPSA) is 227 Å². The third-order valence-electron chi connectivity index (χ3n) is 13.4. The minimum absolute atomic E-state index is 0.0250. The summed E-state index contributed by atoms with van der Waals surface area (Å²) in [6.07, 6.45) is 0.375. The molecule has 0 radical (unpaired) electrons. The van der Waals surface area contributed by atoms with E-state index in [2.05, 4.69) is 0 Å². The maximum Gasteiger partial charge on any atom is 0.330 e. The lowest BCUT2D eigenvalue weighted by Crippen LogP contribution is -2.66. The summed E-state index contributed by atoms with van der Waals surface area (Å²) < 4.78 is 23.4. The minimum Gasteiger partial charge on any atom is -0.481 e. The van der Waals surface area contributed by atoms with Crippen molar-refractivity contribution < 1.29 is 68.5 Å². The number of allylic oxidation sites excluding steroid dienone is 3. The van der Waals surface area contributed by atoms with Gasteiger partial charge >= 0.3 is 11.9 Å². The van der Waals surface area contributed by atoms with Gasteiger partial charge in [-0.25, -0.2) is 4.79 Å². The van der Waals surface area contributed by atoms with Crippen LogP contribution >= 0.6 is 0 Å². The summed E-state index contributed by atoms with van der Waals surface area (Å²) in [5, 5.41) is 55.2. The quantitative estimate of drug-likeness (QED) is 0.142. The lowest BCUT2D eigenvalue weighted by molar-refractivity contribution is -0.301. The predicted molar refractivity (Wildman–Crippen MR) is 208 cm³/mol. The van der Waals surface area contributed by atoms with Crippen molar-refractivity contribution >= 4 is 29.4 Å². The van der Waals surface area contributed by atoms with Crippen LogP contribution in [0.25, 0.3) is 0 Å². The molecular weight excluding hydrogens is 754 g/mol. The standard InChI is InChI=1S/C43H65NO14/c1-22-15-23(2)17-33(48)39-35(56-6)18-24(3)43(54,58-39)40(51)41(52)44-14-8-10-28-29(19-26-12-13-30(45)34(20-26)55-5)38(57-42(53)37(28)44)25(4)31(46)21-32(47)27(16-22)9-7-11-36(49)50/h16,19,23-28,30-31,33-35,37-39,45-46,48,54H,7-15,17-18,20-21H2,1-6H3,(H,49,50)/b22-16+,29-19+/t23-,24+,25+,26-,27+,28?,30+,31-,33-,34+,35-,37-,38-,39+,43+/m0/s1. The first-order chi connectivity index (χ1) is 27.4. The van der Waals surface area contributed by atoms with Gasteiger partial charge in [0.15, 0.2) is 0 Å². The fraction of sp³-hybridized carbons (Fsp3) is 0.791. The second kappa shape index (κ2) is 19.6. The van der Waals surface area contributed by atoms with Crippen molar-refractivity contribution in [2.24, 2.45) is 35.5 Å². The summed E-state index contributed by atoms with van der Waals surface area (Å²) in [6.45, 7) is 7.03. The number of esters is 1. The summed E-state index contributed by atoms with van der Waals surface area (Å²) >= 11 is 0. The summed E-state index contributed by atoms with van der Waals surface area (Å²) in [5.74, 6) is -10.4. The zero-order valence-electron chi connectivity index (χ0n) is 34.8. The molecule has 0 aromatic rings. The number of carboxylic acid groups (broad SMARTS) is 1. The molecule has 4 fully saturated rings.